The van der Waals surface area contributed by atoms with Gasteiger partial charge in [-0.3, -0.25) is 4.79 Å². The molecule has 0 radical (unpaired) electrons. The maximum absolute atomic E-state index is 13.0. The molecule has 1 aliphatic rings. The minimum absolute atomic E-state index is 0.00727. The number of hydrogen-bond donors (Lipinski definition) is 1. The third-order valence-corrected chi connectivity index (χ3v) is 7.55. The summed E-state index contributed by atoms with van der Waals surface area (Å²) in [6.45, 7) is 10.3. The Morgan fingerprint density at radius 2 is 1.93 bits per heavy atom. The normalized spacial score (nSPS) is 16.1. The Bertz CT molecular complexity index is 1010. The van der Waals surface area contributed by atoms with Crippen molar-refractivity contribution in [3.63, 3.8) is 0 Å². The molecule has 1 saturated heterocycles. The number of carbonyl (C=O) groups is 1. The number of imidazole rings is 1. The van der Waals surface area contributed by atoms with Crippen LogP contribution in [0.5, 0.6) is 0 Å². The van der Waals surface area contributed by atoms with Crippen LogP contribution in [0.2, 0.25) is 0 Å². The zero-order valence-electron chi connectivity index (χ0n) is 18.3. The van der Waals surface area contributed by atoms with Crippen molar-refractivity contribution in [1.82, 2.24) is 19.2 Å². The molecule has 1 aromatic heterocycles. The topological polar surface area (TPSA) is 93.5 Å². The van der Waals surface area contributed by atoms with Crippen molar-refractivity contribution in [3.05, 3.63) is 24.0 Å². The lowest BCUT2D eigenvalue weighted by Gasteiger charge is -2.26. The number of amides is 1. The SMILES string of the molecule is CCn1c(CCC(=O)NC(C)(C)CC)nc2cc(S(=O)(=O)N3CCOCC3)ccc21. The lowest BCUT2D eigenvalue weighted by atomic mass is 10.0. The summed E-state index contributed by atoms with van der Waals surface area (Å²) >= 11 is 0. The van der Waals surface area contributed by atoms with Gasteiger partial charge in [-0.05, 0) is 45.4 Å². The minimum atomic E-state index is -3.57. The largest absolute Gasteiger partial charge is 0.379 e. The molecule has 1 aliphatic heterocycles. The van der Waals surface area contributed by atoms with Crippen molar-refractivity contribution >= 4 is 27.0 Å². The first-order chi connectivity index (χ1) is 14.2. The van der Waals surface area contributed by atoms with Gasteiger partial charge in [0.1, 0.15) is 5.82 Å². The number of fused-ring (bicyclic) bond motifs is 1. The van der Waals surface area contributed by atoms with Crippen molar-refractivity contribution in [2.45, 2.75) is 63.9 Å². The fourth-order valence-corrected chi connectivity index (χ4v) is 4.98. The lowest BCUT2D eigenvalue weighted by Crippen LogP contribution is -2.42. The zero-order chi connectivity index (χ0) is 21.9. The number of aryl methyl sites for hydroxylation is 2. The van der Waals surface area contributed by atoms with Crippen molar-refractivity contribution in [2.24, 2.45) is 0 Å². The summed E-state index contributed by atoms with van der Waals surface area (Å²) in [4.78, 5) is 17.2. The minimum Gasteiger partial charge on any atom is -0.379 e. The van der Waals surface area contributed by atoms with E-state index in [0.29, 0.717) is 51.2 Å². The van der Waals surface area contributed by atoms with Crippen LogP contribution in [0.4, 0.5) is 0 Å². The predicted octanol–water partition coefficient (Wildman–Crippen LogP) is 2.31. The first kappa shape index (κ1) is 22.7. The van der Waals surface area contributed by atoms with Crippen LogP contribution in [0.25, 0.3) is 11.0 Å². The van der Waals surface area contributed by atoms with E-state index >= 15 is 0 Å². The van der Waals surface area contributed by atoms with E-state index in [1.807, 2.05) is 38.3 Å². The predicted molar refractivity (Wildman–Crippen MR) is 116 cm³/mol. The monoisotopic (exact) mass is 436 g/mol. The number of benzene rings is 1. The molecule has 0 bridgehead atoms. The number of morpholine rings is 1. The zero-order valence-corrected chi connectivity index (χ0v) is 19.1. The van der Waals surface area contributed by atoms with Crippen LogP contribution >= 0.6 is 0 Å². The molecular formula is C21H32N4O4S. The number of nitrogens with one attached hydrogen (secondary N) is 1. The van der Waals surface area contributed by atoms with Gasteiger partial charge in [0.15, 0.2) is 0 Å². The third kappa shape index (κ3) is 4.84. The molecule has 3 rings (SSSR count). The molecule has 1 aromatic carbocycles. The smallest absolute Gasteiger partial charge is 0.243 e. The third-order valence-electron chi connectivity index (χ3n) is 5.66. The quantitative estimate of drug-likeness (QED) is 0.685. The van der Waals surface area contributed by atoms with Crippen LogP contribution in [0.1, 0.15) is 46.4 Å². The van der Waals surface area contributed by atoms with Crippen LogP contribution in [0.3, 0.4) is 0 Å². The van der Waals surface area contributed by atoms with Crippen LogP contribution in [0, 0.1) is 0 Å². The lowest BCUT2D eigenvalue weighted by molar-refractivity contribution is -0.122. The van der Waals surface area contributed by atoms with Crippen molar-refractivity contribution < 1.29 is 17.9 Å². The highest BCUT2D eigenvalue weighted by atomic mass is 32.2. The Hall–Kier alpha value is -1.97. The number of hydrogen-bond acceptors (Lipinski definition) is 5. The van der Waals surface area contributed by atoms with E-state index in [-0.39, 0.29) is 16.3 Å². The van der Waals surface area contributed by atoms with E-state index in [1.54, 1.807) is 12.1 Å². The molecule has 9 heteroatoms. The summed E-state index contributed by atoms with van der Waals surface area (Å²) in [6, 6.07) is 5.08. The second kappa shape index (κ2) is 9.03. The molecule has 1 N–H and O–H groups in total. The first-order valence-corrected chi connectivity index (χ1v) is 12.0. The molecular weight excluding hydrogens is 404 g/mol. The Morgan fingerprint density at radius 3 is 2.57 bits per heavy atom. The highest BCUT2D eigenvalue weighted by Crippen LogP contribution is 2.24. The van der Waals surface area contributed by atoms with Gasteiger partial charge in [-0.1, -0.05) is 6.92 Å². The van der Waals surface area contributed by atoms with Gasteiger partial charge < -0.3 is 14.6 Å². The molecule has 1 fully saturated rings. The first-order valence-electron chi connectivity index (χ1n) is 10.6. The Morgan fingerprint density at radius 1 is 1.23 bits per heavy atom. The molecule has 166 valence electrons. The van der Waals surface area contributed by atoms with Gasteiger partial charge in [0.05, 0.1) is 29.1 Å². The highest BCUT2D eigenvalue weighted by Gasteiger charge is 2.27. The molecule has 30 heavy (non-hydrogen) atoms. The van der Waals surface area contributed by atoms with Gasteiger partial charge in [0.2, 0.25) is 15.9 Å². The summed E-state index contributed by atoms with van der Waals surface area (Å²) in [5, 5.41) is 3.04. The number of rotatable bonds is 8. The van der Waals surface area contributed by atoms with Gasteiger partial charge in [0, 0.05) is 38.0 Å². The van der Waals surface area contributed by atoms with Gasteiger partial charge >= 0.3 is 0 Å². The van der Waals surface area contributed by atoms with Crippen molar-refractivity contribution in [1.29, 1.82) is 0 Å². The van der Waals surface area contributed by atoms with E-state index in [0.717, 1.165) is 17.8 Å². The summed E-state index contributed by atoms with van der Waals surface area (Å²) < 4.78 is 34.7. The summed E-state index contributed by atoms with van der Waals surface area (Å²) in [7, 11) is -3.57. The van der Waals surface area contributed by atoms with Gasteiger partial charge in [-0.2, -0.15) is 4.31 Å². The fourth-order valence-electron chi connectivity index (χ4n) is 3.55. The molecule has 2 aromatic rings. The van der Waals surface area contributed by atoms with Crippen LogP contribution < -0.4 is 5.32 Å². The maximum atomic E-state index is 13.0. The Balaban J connectivity index is 1.82. The highest BCUT2D eigenvalue weighted by molar-refractivity contribution is 7.89. The molecule has 2 heterocycles. The fraction of sp³-hybridized carbons (Fsp3) is 0.619. The number of carbonyl (C=O) groups excluding carboxylic acids is 1. The van der Waals surface area contributed by atoms with E-state index in [2.05, 4.69) is 10.3 Å². The average Bonchev–Trinajstić information content (AvgIpc) is 3.09. The summed E-state index contributed by atoms with van der Waals surface area (Å²) in [6.07, 6.45) is 1.69. The van der Waals surface area contributed by atoms with E-state index in [4.69, 9.17) is 4.74 Å². The molecule has 0 aliphatic carbocycles. The van der Waals surface area contributed by atoms with Gasteiger partial charge in [-0.25, -0.2) is 13.4 Å². The Kier molecular flexibility index (Phi) is 6.84. The summed E-state index contributed by atoms with van der Waals surface area (Å²) in [5.41, 5.74) is 1.28. The second-order valence-corrected chi connectivity index (χ2v) is 10.2. The van der Waals surface area contributed by atoms with Gasteiger partial charge in [0.25, 0.3) is 0 Å². The standard InChI is InChI=1S/C21H32N4O4S/c1-5-21(3,4)23-20(26)10-9-19-22-17-15-16(7-8-18(17)25(19)6-2)30(27,28)24-11-13-29-14-12-24/h7-8,15H,5-6,9-14H2,1-4H3,(H,23,26). The van der Waals surface area contributed by atoms with Crippen molar-refractivity contribution in [2.75, 3.05) is 26.3 Å². The van der Waals surface area contributed by atoms with Gasteiger partial charge in [-0.15, -0.1) is 0 Å². The van der Waals surface area contributed by atoms with Crippen molar-refractivity contribution in [3.8, 4) is 0 Å². The second-order valence-electron chi connectivity index (χ2n) is 8.22. The van der Waals surface area contributed by atoms with E-state index in [9.17, 15) is 13.2 Å². The van der Waals surface area contributed by atoms with Crippen LogP contribution in [0.15, 0.2) is 23.1 Å². The van der Waals surface area contributed by atoms with Crippen LogP contribution in [-0.4, -0.2) is 60.0 Å². The molecule has 0 saturated carbocycles. The number of nitrogens with zero attached hydrogens (tertiary/aromatic N) is 3. The molecule has 0 unspecified atom stereocenters. The molecule has 0 atom stereocenters. The number of sulfonamides is 1. The molecule has 0 spiro atoms. The van der Waals surface area contributed by atoms with E-state index < -0.39 is 10.0 Å². The summed E-state index contributed by atoms with van der Waals surface area (Å²) in [5.74, 6) is 0.782. The average molecular weight is 437 g/mol. The van der Waals surface area contributed by atoms with E-state index in [1.165, 1.54) is 4.31 Å². The Labute approximate surface area is 178 Å². The molecule has 1 amide bonds. The maximum Gasteiger partial charge on any atom is 0.243 e. The molecule has 8 nitrogen and oxygen atoms in total. The number of aromatic nitrogens is 2. The van der Waals surface area contributed by atoms with Crippen LogP contribution in [-0.2, 0) is 32.5 Å². The number of ether oxygens (including phenoxy) is 1.